The van der Waals surface area contributed by atoms with Crippen molar-refractivity contribution in [1.82, 2.24) is 0 Å². The molecular formula is C12H20F2. The van der Waals surface area contributed by atoms with Gasteiger partial charge in [0.25, 0.3) is 5.92 Å². The van der Waals surface area contributed by atoms with Crippen LogP contribution in [0.15, 0.2) is 12.2 Å². The van der Waals surface area contributed by atoms with Gasteiger partial charge in [0, 0.05) is 5.92 Å². The van der Waals surface area contributed by atoms with E-state index < -0.39 is 11.8 Å². The molecule has 1 aliphatic rings. The molecule has 0 nitrogen and oxygen atoms in total. The predicted molar refractivity (Wildman–Crippen MR) is 55.5 cm³/mol. The van der Waals surface area contributed by atoms with Crippen LogP contribution in [0.1, 0.15) is 46.0 Å². The van der Waals surface area contributed by atoms with Crippen LogP contribution < -0.4 is 0 Å². The first-order valence-corrected chi connectivity index (χ1v) is 5.58. The molecule has 0 fully saturated rings. The van der Waals surface area contributed by atoms with Gasteiger partial charge in [0.2, 0.25) is 0 Å². The normalized spacial score (nSPS) is 29.6. The highest BCUT2D eigenvalue weighted by Crippen LogP contribution is 2.36. The second-order valence-corrected chi connectivity index (χ2v) is 4.69. The molecule has 0 heterocycles. The number of alkyl halides is 2. The van der Waals surface area contributed by atoms with E-state index in [-0.39, 0.29) is 0 Å². The molecule has 0 aliphatic heterocycles. The maximum Gasteiger partial charge on any atom is 0.269 e. The van der Waals surface area contributed by atoms with Crippen LogP contribution in [0.2, 0.25) is 0 Å². The molecular weight excluding hydrogens is 182 g/mol. The Bertz CT molecular complexity index is 194. The van der Waals surface area contributed by atoms with Gasteiger partial charge in [-0.2, -0.15) is 0 Å². The van der Waals surface area contributed by atoms with Gasteiger partial charge in [0.15, 0.2) is 0 Å². The summed E-state index contributed by atoms with van der Waals surface area (Å²) in [5.74, 6) is -2.66. The van der Waals surface area contributed by atoms with Gasteiger partial charge in [-0.05, 0) is 37.7 Å². The molecule has 0 aromatic rings. The fourth-order valence-corrected chi connectivity index (χ4v) is 2.07. The second kappa shape index (κ2) is 4.90. The minimum Gasteiger partial charge on any atom is -0.202 e. The van der Waals surface area contributed by atoms with Crippen LogP contribution >= 0.6 is 0 Å². The van der Waals surface area contributed by atoms with Gasteiger partial charge in [-0.25, -0.2) is 8.78 Å². The summed E-state index contributed by atoms with van der Waals surface area (Å²) in [7, 11) is 0. The lowest BCUT2D eigenvalue weighted by Crippen LogP contribution is -2.28. The molecule has 0 radical (unpaired) electrons. The van der Waals surface area contributed by atoms with Crippen LogP contribution in [0.3, 0.4) is 0 Å². The van der Waals surface area contributed by atoms with Crippen LogP contribution in [0, 0.1) is 11.8 Å². The minimum atomic E-state index is -2.58. The summed E-state index contributed by atoms with van der Waals surface area (Å²) in [5.41, 5.74) is 0. The Morgan fingerprint density at radius 2 is 2.07 bits per heavy atom. The molecule has 1 atom stereocenters. The lowest BCUT2D eigenvalue weighted by Gasteiger charge is -2.27. The molecule has 1 rings (SSSR count). The lowest BCUT2D eigenvalue weighted by atomic mass is 9.85. The summed E-state index contributed by atoms with van der Waals surface area (Å²) in [6.45, 7) is 4.02. The number of halogens is 2. The van der Waals surface area contributed by atoms with Crippen LogP contribution in [-0.4, -0.2) is 5.92 Å². The van der Waals surface area contributed by atoms with E-state index >= 15 is 0 Å². The molecule has 0 bridgehead atoms. The quantitative estimate of drug-likeness (QED) is 0.582. The van der Waals surface area contributed by atoms with E-state index in [0.29, 0.717) is 18.8 Å². The van der Waals surface area contributed by atoms with Crippen molar-refractivity contribution in [2.75, 3.05) is 0 Å². The van der Waals surface area contributed by atoms with Gasteiger partial charge in [0.05, 0.1) is 0 Å². The van der Waals surface area contributed by atoms with Crippen molar-refractivity contribution in [3.8, 4) is 0 Å². The molecule has 0 amide bonds. The number of rotatable bonds is 2. The van der Waals surface area contributed by atoms with Crippen LogP contribution in [0.25, 0.3) is 0 Å². The highest BCUT2D eigenvalue weighted by Gasteiger charge is 2.36. The van der Waals surface area contributed by atoms with Crippen molar-refractivity contribution >= 4 is 0 Å². The van der Waals surface area contributed by atoms with Crippen molar-refractivity contribution in [2.24, 2.45) is 11.8 Å². The van der Waals surface area contributed by atoms with Crippen molar-refractivity contribution in [3.63, 3.8) is 0 Å². The Kier molecular flexibility index (Phi) is 4.09. The summed E-state index contributed by atoms with van der Waals surface area (Å²) in [6, 6.07) is 0. The molecule has 0 saturated heterocycles. The third kappa shape index (κ3) is 3.39. The van der Waals surface area contributed by atoms with E-state index in [0.717, 1.165) is 25.3 Å². The number of hydrogen-bond donors (Lipinski definition) is 0. The SMILES string of the molecule is CC(C)CC1CCCC/C=C\C1(F)F. The molecule has 1 unspecified atom stereocenters. The third-order valence-corrected chi connectivity index (χ3v) is 2.81. The third-order valence-electron chi connectivity index (χ3n) is 2.81. The van der Waals surface area contributed by atoms with Crippen molar-refractivity contribution in [1.29, 1.82) is 0 Å². The average Bonchev–Trinajstić information content (AvgIpc) is 2.05. The molecule has 82 valence electrons. The molecule has 0 spiro atoms. The first-order valence-electron chi connectivity index (χ1n) is 5.58. The van der Waals surface area contributed by atoms with Gasteiger partial charge in [-0.1, -0.05) is 26.3 Å². The maximum absolute atomic E-state index is 13.6. The Morgan fingerprint density at radius 1 is 1.36 bits per heavy atom. The zero-order valence-electron chi connectivity index (χ0n) is 9.10. The summed E-state index contributed by atoms with van der Waals surface area (Å²) in [6.07, 6.45) is 6.89. The fraction of sp³-hybridized carbons (Fsp3) is 0.833. The Morgan fingerprint density at radius 3 is 2.71 bits per heavy atom. The maximum atomic E-state index is 13.6. The highest BCUT2D eigenvalue weighted by molar-refractivity contribution is 5.00. The van der Waals surface area contributed by atoms with Crippen LogP contribution in [0.4, 0.5) is 8.78 Å². The summed E-state index contributed by atoms with van der Waals surface area (Å²) >= 11 is 0. The van der Waals surface area contributed by atoms with Gasteiger partial charge in [-0.3, -0.25) is 0 Å². The van der Waals surface area contributed by atoms with E-state index in [1.165, 1.54) is 0 Å². The van der Waals surface area contributed by atoms with Gasteiger partial charge >= 0.3 is 0 Å². The van der Waals surface area contributed by atoms with Crippen molar-refractivity contribution in [3.05, 3.63) is 12.2 Å². The minimum absolute atomic E-state index is 0.360. The van der Waals surface area contributed by atoms with Crippen molar-refractivity contribution in [2.45, 2.75) is 51.9 Å². The van der Waals surface area contributed by atoms with Gasteiger partial charge in [-0.15, -0.1) is 0 Å². The summed E-state index contributed by atoms with van der Waals surface area (Å²) in [4.78, 5) is 0. The number of allylic oxidation sites excluding steroid dienone is 2. The van der Waals surface area contributed by atoms with Gasteiger partial charge < -0.3 is 0 Å². The Hall–Kier alpha value is -0.400. The van der Waals surface area contributed by atoms with E-state index in [2.05, 4.69) is 0 Å². The predicted octanol–water partition coefficient (Wildman–Crippen LogP) is 4.41. The first kappa shape index (κ1) is 11.7. The molecule has 1 aliphatic carbocycles. The van der Waals surface area contributed by atoms with Crippen LogP contribution in [0.5, 0.6) is 0 Å². The molecule has 0 aromatic heterocycles. The van der Waals surface area contributed by atoms with E-state index in [1.807, 2.05) is 13.8 Å². The fourth-order valence-electron chi connectivity index (χ4n) is 2.07. The molecule has 0 aromatic carbocycles. The standard InChI is InChI=1S/C12H20F2/c1-10(2)9-11-7-5-3-4-6-8-12(11,13)14/h6,8,10-11H,3-5,7,9H2,1-2H3/b8-6-. The van der Waals surface area contributed by atoms with Crippen molar-refractivity contribution < 1.29 is 8.78 Å². The number of hydrogen-bond acceptors (Lipinski definition) is 0. The van der Waals surface area contributed by atoms with E-state index in [9.17, 15) is 8.78 Å². The molecule has 0 N–H and O–H groups in total. The molecule has 0 saturated carbocycles. The molecule has 2 heteroatoms. The lowest BCUT2D eigenvalue weighted by molar-refractivity contribution is -0.0236. The highest BCUT2D eigenvalue weighted by atomic mass is 19.3. The first-order chi connectivity index (χ1) is 6.52. The van der Waals surface area contributed by atoms with E-state index in [4.69, 9.17) is 0 Å². The van der Waals surface area contributed by atoms with Gasteiger partial charge in [0.1, 0.15) is 0 Å². The Balaban J connectivity index is 2.66. The largest absolute Gasteiger partial charge is 0.269 e. The average molecular weight is 202 g/mol. The summed E-state index contributed by atoms with van der Waals surface area (Å²) < 4.78 is 27.2. The smallest absolute Gasteiger partial charge is 0.202 e. The molecule has 14 heavy (non-hydrogen) atoms. The zero-order chi connectivity index (χ0) is 10.6. The topological polar surface area (TPSA) is 0 Å². The van der Waals surface area contributed by atoms with Crippen LogP contribution in [-0.2, 0) is 0 Å². The summed E-state index contributed by atoms with van der Waals surface area (Å²) in [5, 5.41) is 0. The van der Waals surface area contributed by atoms with E-state index in [1.54, 1.807) is 6.08 Å². The Labute approximate surface area is 85.4 Å². The monoisotopic (exact) mass is 202 g/mol. The second-order valence-electron chi connectivity index (χ2n) is 4.69. The zero-order valence-corrected chi connectivity index (χ0v) is 9.10.